The van der Waals surface area contributed by atoms with E-state index in [-0.39, 0.29) is 6.61 Å². The van der Waals surface area contributed by atoms with Crippen LogP contribution in [-0.4, -0.2) is 52.2 Å². The van der Waals surface area contributed by atoms with E-state index < -0.39 is 5.97 Å². The molecule has 0 amide bonds. The van der Waals surface area contributed by atoms with Crippen LogP contribution in [0.5, 0.6) is 0 Å². The number of hydrogen-bond donors (Lipinski definition) is 0. The lowest BCUT2D eigenvalue weighted by Gasteiger charge is -2.07. The number of esters is 1. The standard InChI is InChI=1S/C24H46O5/c1-3-5-6-7-8-9-10-11-12-13-14-15-16-17-26-18-19-27-20-21-28-22-23-29-24(25)4-2/h4H,2-3,5-23H2,1H3. The van der Waals surface area contributed by atoms with Gasteiger partial charge in [0.25, 0.3) is 0 Å². The molecule has 0 radical (unpaired) electrons. The van der Waals surface area contributed by atoms with Gasteiger partial charge in [0.1, 0.15) is 6.61 Å². The number of carbonyl (C=O) groups excluding carboxylic acids is 1. The molecular formula is C24H46O5. The summed E-state index contributed by atoms with van der Waals surface area (Å²) in [5.41, 5.74) is 0. The summed E-state index contributed by atoms with van der Waals surface area (Å²) < 4.78 is 21.1. The Labute approximate surface area is 179 Å². The van der Waals surface area contributed by atoms with Crippen molar-refractivity contribution in [2.45, 2.75) is 90.4 Å². The molecule has 0 bridgehead atoms. The van der Waals surface area contributed by atoms with Crippen molar-refractivity contribution in [3.63, 3.8) is 0 Å². The summed E-state index contributed by atoms with van der Waals surface area (Å²) in [4.78, 5) is 10.8. The van der Waals surface area contributed by atoms with Gasteiger partial charge in [-0.2, -0.15) is 0 Å². The maximum atomic E-state index is 10.8. The first-order chi connectivity index (χ1) is 14.3. The Balaban J connectivity index is 3.01. The molecule has 0 N–H and O–H groups in total. The predicted molar refractivity (Wildman–Crippen MR) is 119 cm³/mol. The van der Waals surface area contributed by atoms with Gasteiger partial charge in [0.05, 0.1) is 33.0 Å². The van der Waals surface area contributed by atoms with Crippen molar-refractivity contribution in [2.75, 3.05) is 46.2 Å². The van der Waals surface area contributed by atoms with Crippen molar-refractivity contribution in [2.24, 2.45) is 0 Å². The van der Waals surface area contributed by atoms with Crippen molar-refractivity contribution in [1.29, 1.82) is 0 Å². The third kappa shape index (κ3) is 25.1. The molecule has 172 valence electrons. The van der Waals surface area contributed by atoms with Crippen LogP contribution in [0.3, 0.4) is 0 Å². The van der Waals surface area contributed by atoms with Crippen molar-refractivity contribution in [3.8, 4) is 0 Å². The summed E-state index contributed by atoms with van der Waals surface area (Å²) in [5, 5.41) is 0. The van der Waals surface area contributed by atoms with Crippen LogP contribution in [0.2, 0.25) is 0 Å². The molecule has 0 saturated carbocycles. The third-order valence-corrected chi connectivity index (χ3v) is 4.77. The summed E-state index contributed by atoms with van der Waals surface area (Å²) in [6.45, 7) is 9.28. The molecule has 0 aliphatic heterocycles. The van der Waals surface area contributed by atoms with E-state index in [9.17, 15) is 4.79 Å². The molecule has 0 spiro atoms. The Morgan fingerprint density at radius 2 is 0.966 bits per heavy atom. The van der Waals surface area contributed by atoms with E-state index in [2.05, 4.69) is 13.5 Å². The van der Waals surface area contributed by atoms with Crippen LogP contribution in [0.25, 0.3) is 0 Å². The van der Waals surface area contributed by atoms with Crippen molar-refractivity contribution < 1.29 is 23.7 Å². The van der Waals surface area contributed by atoms with Gasteiger partial charge in [0.2, 0.25) is 0 Å². The number of rotatable bonds is 24. The Kier molecular flexibility index (Phi) is 24.3. The van der Waals surface area contributed by atoms with E-state index in [1.54, 1.807) is 0 Å². The quantitative estimate of drug-likeness (QED) is 0.113. The van der Waals surface area contributed by atoms with E-state index in [0.717, 1.165) is 19.1 Å². The van der Waals surface area contributed by atoms with Gasteiger partial charge in [-0.25, -0.2) is 4.79 Å². The Hall–Kier alpha value is -0.910. The number of hydrogen-bond acceptors (Lipinski definition) is 5. The summed E-state index contributed by atoms with van der Waals surface area (Å²) >= 11 is 0. The second-order valence-electron chi connectivity index (χ2n) is 7.45. The Morgan fingerprint density at radius 1 is 0.586 bits per heavy atom. The van der Waals surface area contributed by atoms with Crippen LogP contribution < -0.4 is 0 Å². The monoisotopic (exact) mass is 414 g/mol. The average molecular weight is 415 g/mol. The molecule has 0 aromatic carbocycles. The smallest absolute Gasteiger partial charge is 0.330 e. The van der Waals surface area contributed by atoms with Gasteiger partial charge in [-0.3, -0.25) is 0 Å². The van der Waals surface area contributed by atoms with E-state index >= 15 is 0 Å². The summed E-state index contributed by atoms with van der Waals surface area (Å²) in [5.74, 6) is -0.425. The number of unbranched alkanes of at least 4 members (excludes halogenated alkanes) is 12. The van der Waals surface area contributed by atoms with Gasteiger partial charge in [-0.1, -0.05) is 90.6 Å². The second kappa shape index (κ2) is 25.1. The maximum absolute atomic E-state index is 10.8. The Bertz CT molecular complexity index is 346. The fourth-order valence-electron chi connectivity index (χ4n) is 3.02. The van der Waals surface area contributed by atoms with Crippen LogP contribution in [-0.2, 0) is 23.7 Å². The molecular weight excluding hydrogens is 368 g/mol. The summed E-state index contributed by atoms with van der Waals surface area (Å²) in [6, 6.07) is 0. The highest BCUT2D eigenvalue weighted by Gasteiger charge is 1.96. The van der Waals surface area contributed by atoms with Crippen LogP contribution in [0, 0.1) is 0 Å². The van der Waals surface area contributed by atoms with Crippen LogP contribution in [0.15, 0.2) is 12.7 Å². The zero-order valence-electron chi connectivity index (χ0n) is 19.0. The zero-order chi connectivity index (χ0) is 21.3. The van der Waals surface area contributed by atoms with Gasteiger partial charge in [-0.05, 0) is 6.42 Å². The largest absolute Gasteiger partial charge is 0.460 e. The van der Waals surface area contributed by atoms with E-state index in [0.29, 0.717) is 33.0 Å². The van der Waals surface area contributed by atoms with Gasteiger partial charge >= 0.3 is 5.97 Å². The SMILES string of the molecule is C=CC(=O)OCCOCCOCCOCCCCCCCCCCCCCCC. The molecule has 0 unspecified atom stereocenters. The molecule has 0 aromatic heterocycles. The van der Waals surface area contributed by atoms with Crippen molar-refractivity contribution in [1.82, 2.24) is 0 Å². The van der Waals surface area contributed by atoms with E-state index in [4.69, 9.17) is 18.9 Å². The molecule has 0 atom stereocenters. The van der Waals surface area contributed by atoms with Crippen LogP contribution >= 0.6 is 0 Å². The highest BCUT2D eigenvalue weighted by atomic mass is 16.6. The van der Waals surface area contributed by atoms with Gasteiger partial charge in [-0.15, -0.1) is 0 Å². The van der Waals surface area contributed by atoms with Gasteiger partial charge in [0.15, 0.2) is 0 Å². The Morgan fingerprint density at radius 3 is 1.41 bits per heavy atom. The zero-order valence-corrected chi connectivity index (χ0v) is 19.0. The number of ether oxygens (including phenoxy) is 4. The van der Waals surface area contributed by atoms with Crippen LogP contribution in [0.1, 0.15) is 90.4 Å². The fourth-order valence-corrected chi connectivity index (χ4v) is 3.02. The maximum Gasteiger partial charge on any atom is 0.330 e. The van der Waals surface area contributed by atoms with Crippen molar-refractivity contribution in [3.05, 3.63) is 12.7 Å². The minimum Gasteiger partial charge on any atom is -0.460 e. The number of carbonyl (C=O) groups is 1. The molecule has 29 heavy (non-hydrogen) atoms. The fraction of sp³-hybridized carbons (Fsp3) is 0.875. The molecule has 0 aromatic rings. The lowest BCUT2D eigenvalue weighted by molar-refractivity contribution is -0.139. The highest BCUT2D eigenvalue weighted by molar-refractivity contribution is 5.81. The first kappa shape index (κ1) is 28.1. The minimum atomic E-state index is -0.425. The third-order valence-electron chi connectivity index (χ3n) is 4.77. The van der Waals surface area contributed by atoms with E-state index in [1.807, 2.05) is 0 Å². The van der Waals surface area contributed by atoms with Gasteiger partial charge < -0.3 is 18.9 Å². The highest BCUT2D eigenvalue weighted by Crippen LogP contribution is 2.12. The molecule has 5 nitrogen and oxygen atoms in total. The van der Waals surface area contributed by atoms with E-state index in [1.165, 1.54) is 77.0 Å². The normalized spacial score (nSPS) is 10.9. The lowest BCUT2D eigenvalue weighted by atomic mass is 10.0. The second-order valence-corrected chi connectivity index (χ2v) is 7.45. The first-order valence-corrected chi connectivity index (χ1v) is 11.8. The molecule has 0 rings (SSSR count). The molecule has 0 aliphatic carbocycles. The molecule has 0 heterocycles. The molecule has 5 heteroatoms. The first-order valence-electron chi connectivity index (χ1n) is 11.8. The summed E-state index contributed by atoms with van der Waals surface area (Å²) in [6.07, 6.45) is 18.9. The molecule has 0 saturated heterocycles. The predicted octanol–water partition coefficient (Wildman–Crippen LogP) is 5.86. The van der Waals surface area contributed by atoms with Crippen molar-refractivity contribution >= 4 is 5.97 Å². The topological polar surface area (TPSA) is 54.0 Å². The lowest BCUT2D eigenvalue weighted by Crippen LogP contribution is -2.13. The van der Waals surface area contributed by atoms with Crippen LogP contribution in [0.4, 0.5) is 0 Å². The summed E-state index contributed by atoms with van der Waals surface area (Å²) in [7, 11) is 0. The van der Waals surface area contributed by atoms with Gasteiger partial charge in [0, 0.05) is 12.7 Å². The molecule has 0 aliphatic rings. The minimum absolute atomic E-state index is 0.243. The molecule has 0 fully saturated rings. The average Bonchev–Trinajstić information content (AvgIpc) is 2.74.